The minimum atomic E-state index is -3.76. The van der Waals surface area contributed by atoms with Gasteiger partial charge in [0, 0.05) is 11.8 Å². The third kappa shape index (κ3) is 2.80. The maximum atomic E-state index is 12.0. The fourth-order valence-corrected chi connectivity index (χ4v) is 4.44. The van der Waals surface area contributed by atoms with Crippen molar-refractivity contribution in [1.82, 2.24) is 10.2 Å². The van der Waals surface area contributed by atoms with E-state index in [4.69, 9.17) is 23.2 Å². The van der Waals surface area contributed by atoms with Gasteiger partial charge in [-0.15, -0.1) is 11.3 Å². The molecule has 2 rings (SSSR count). The molecule has 2 N–H and O–H groups in total. The zero-order valence-electron chi connectivity index (χ0n) is 9.20. The van der Waals surface area contributed by atoms with Gasteiger partial charge in [0.25, 0.3) is 10.0 Å². The van der Waals surface area contributed by atoms with Crippen molar-refractivity contribution in [2.75, 3.05) is 4.72 Å². The minimum Gasteiger partial charge on any atom is -0.280 e. The predicted molar refractivity (Wildman–Crippen MR) is 73.1 cm³/mol. The number of rotatable bonds is 4. The number of sulfonamides is 1. The second-order valence-corrected chi connectivity index (χ2v) is 7.36. The van der Waals surface area contributed by atoms with E-state index in [1.54, 1.807) is 6.07 Å². The maximum absolute atomic E-state index is 12.0. The average Bonchev–Trinajstić information content (AvgIpc) is 2.84. The SMILES string of the molecule is CCc1cc(NS(=O)(=O)c2cc(Cl)sc2Cl)n[nH]1. The van der Waals surface area contributed by atoms with Crippen LogP contribution < -0.4 is 4.72 Å². The Labute approximate surface area is 118 Å². The molecule has 0 fully saturated rings. The van der Waals surface area contributed by atoms with Crippen LogP contribution in [0.1, 0.15) is 12.6 Å². The van der Waals surface area contributed by atoms with Crippen LogP contribution in [-0.4, -0.2) is 18.6 Å². The summed E-state index contributed by atoms with van der Waals surface area (Å²) in [7, 11) is -3.76. The highest BCUT2D eigenvalue weighted by Gasteiger charge is 2.21. The summed E-state index contributed by atoms with van der Waals surface area (Å²) >= 11 is 12.5. The Hall–Kier alpha value is -0.760. The molecule has 0 bridgehead atoms. The van der Waals surface area contributed by atoms with E-state index in [1.165, 1.54) is 6.07 Å². The first-order chi connectivity index (χ1) is 8.42. The fourth-order valence-electron chi connectivity index (χ4n) is 1.30. The molecule has 0 aliphatic heterocycles. The van der Waals surface area contributed by atoms with Crippen LogP contribution >= 0.6 is 34.5 Å². The van der Waals surface area contributed by atoms with Crippen molar-refractivity contribution in [3.05, 3.63) is 26.5 Å². The fraction of sp³-hybridized carbons (Fsp3) is 0.222. The molecule has 0 aromatic carbocycles. The van der Waals surface area contributed by atoms with Gasteiger partial charge in [-0.05, 0) is 12.5 Å². The number of nitrogens with zero attached hydrogens (tertiary/aromatic N) is 1. The van der Waals surface area contributed by atoms with Gasteiger partial charge >= 0.3 is 0 Å². The van der Waals surface area contributed by atoms with Crippen LogP contribution in [0, 0.1) is 0 Å². The molecule has 98 valence electrons. The van der Waals surface area contributed by atoms with Crippen LogP contribution in [0.5, 0.6) is 0 Å². The Kier molecular flexibility index (Phi) is 3.86. The number of aromatic amines is 1. The zero-order valence-corrected chi connectivity index (χ0v) is 12.3. The predicted octanol–water partition coefficient (Wildman–Crippen LogP) is 3.14. The molecule has 2 aromatic heterocycles. The molecule has 18 heavy (non-hydrogen) atoms. The van der Waals surface area contributed by atoms with E-state index < -0.39 is 10.0 Å². The Balaban J connectivity index is 2.29. The standard InChI is InChI=1S/C9H9Cl2N3O2S2/c1-2-5-3-8(13-12-5)14-18(15,16)6-4-7(10)17-9(6)11/h3-4H,2H2,1H3,(H2,12,13,14). The van der Waals surface area contributed by atoms with Crippen molar-refractivity contribution in [2.45, 2.75) is 18.2 Å². The van der Waals surface area contributed by atoms with Crippen LogP contribution in [0.4, 0.5) is 5.82 Å². The lowest BCUT2D eigenvalue weighted by Crippen LogP contribution is -2.12. The molecule has 0 saturated heterocycles. The number of halogens is 2. The monoisotopic (exact) mass is 325 g/mol. The van der Waals surface area contributed by atoms with Gasteiger partial charge in [-0.3, -0.25) is 9.82 Å². The number of aryl methyl sites for hydroxylation is 1. The van der Waals surface area contributed by atoms with E-state index in [2.05, 4.69) is 14.9 Å². The molecule has 5 nitrogen and oxygen atoms in total. The van der Waals surface area contributed by atoms with Crippen molar-refractivity contribution in [3.63, 3.8) is 0 Å². The first-order valence-electron chi connectivity index (χ1n) is 4.94. The van der Waals surface area contributed by atoms with Gasteiger partial charge < -0.3 is 0 Å². The highest BCUT2D eigenvalue weighted by molar-refractivity contribution is 7.93. The third-order valence-corrected chi connectivity index (χ3v) is 5.27. The van der Waals surface area contributed by atoms with Gasteiger partial charge in [0.1, 0.15) is 9.23 Å². The number of nitrogens with one attached hydrogen (secondary N) is 2. The maximum Gasteiger partial charge on any atom is 0.265 e. The van der Waals surface area contributed by atoms with Crippen LogP contribution in [0.3, 0.4) is 0 Å². The molecule has 0 aliphatic carbocycles. The van der Waals surface area contributed by atoms with Crippen LogP contribution in [0.2, 0.25) is 8.67 Å². The van der Waals surface area contributed by atoms with E-state index in [0.29, 0.717) is 4.34 Å². The number of anilines is 1. The van der Waals surface area contributed by atoms with Crippen LogP contribution in [-0.2, 0) is 16.4 Å². The zero-order chi connectivity index (χ0) is 13.3. The lowest BCUT2D eigenvalue weighted by molar-refractivity contribution is 0.601. The number of H-pyrrole nitrogens is 1. The summed E-state index contributed by atoms with van der Waals surface area (Å²) in [6.45, 7) is 1.93. The average molecular weight is 326 g/mol. The first-order valence-corrected chi connectivity index (χ1v) is 8.00. The van der Waals surface area contributed by atoms with Crippen LogP contribution in [0.25, 0.3) is 0 Å². The summed E-state index contributed by atoms with van der Waals surface area (Å²) in [5.41, 5.74) is 0.835. The largest absolute Gasteiger partial charge is 0.280 e. The van der Waals surface area contributed by atoms with Crippen LogP contribution in [0.15, 0.2) is 17.0 Å². The molecular weight excluding hydrogens is 317 g/mol. The van der Waals surface area contributed by atoms with Gasteiger partial charge in [-0.25, -0.2) is 8.42 Å². The molecule has 0 radical (unpaired) electrons. The molecule has 0 aliphatic rings. The van der Waals surface area contributed by atoms with E-state index in [9.17, 15) is 8.42 Å². The summed E-state index contributed by atoms with van der Waals surface area (Å²) in [6.07, 6.45) is 0.736. The Morgan fingerprint density at radius 3 is 2.67 bits per heavy atom. The Morgan fingerprint density at radius 1 is 1.44 bits per heavy atom. The van der Waals surface area contributed by atoms with Gasteiger partial charge in [0.2, 0.25) is 0 Å². The molecule has 9 heteroatoms. The van der Waals surface area contributed by atoms with Crippen molar-refractivity contribution in [2.24, 2.45) is 0 Å². The van der Waals surface area contributed by atoms with Gasteiger partial charge in [0.05, 0.1) is 4.34 Å². The number of thiophene rings is 1. The lowest BCUT2D eigenvalue weighted by atomic mass is 10.3. The molecule has 0 amide bonds. The second kappa shape index (κ2) is 5.08. The molecule has 2 aromatic rings. The van der Waals surface area contributed by atoms with Crippen molar-refractivity contribution in [3.8, 4) is 0 Å². The Bertz CT molecular complexity index is 663. The number of aromatic nitrogens is 2. The van der Waals surface area contributed by atoms with E-state index in [1.807, 2.05) is 6.92 Å². The normalized spacial score (nSPS) is 11.7. The smallest absolute Gasteiger partial charge is 0.265 e. The van der Waals surface area contributed by atoms with Crippen molar-refractivity contribution in [1.29, 1.82) is 0 Å². The van der Waals surface area contributed by atoms with Gasteiger partial charge in [-0.1, -0.05) is 30.1 Å². The molecule has 0 saturated carbocycles. The number of hydrogen-bond donors (Lipinski definition) is 2. The van der Waals surface area contributed by atoms with E-state index in [0.717, 1.165) is 23.5 Å². The van der Waals surface area contributed by atoms with E-state index in [-0.39, 0.29) is 15.0 Å². The quantitative estimate of drug-likeness (QED) is 0.906. The summed E-state index contributed by atoms with van der Waals surface area (Å²) in [4.78, 5) is -0.0415. The highest BCUT2D eigenvalue weighted by Crippen LogP contribution is 2.34. The second-order valence-electron chi connectivity index (χ2n) is 3.43. The van der Waals surface area contributed by atoms with Crippen molar-refractivity contribution >= 4 is 50.4 Å². The number of hydrogen-bond acceptors (Lipinski definition) is 4. The highest BCUT2D eigenvalue weighted by atomic mass is 35.5. The third-order valence-electron chi connectivity index (χ3n) is 2.17. The van der Waals surface area contributed by atoms with Gasteiger partial charge in [0.15, 0.2) is 5.82 Å². The van der Waals surface area contributed by atoms with E-state index >= 15 is 0 Å². The summed E-state index contributed by atoms with van der Waals surface area (Å²) in [5, 5.41) is 6.56. The lowest BCUT2D eigenvalue weighted by Gasteiger charge is -2.02. The first kappa shape index (κ1) is 13.7. The summed E-state index contributed by atoms with van der Waals surface area (Å²) < 4.78 is 26.8. The molecule has 2 heterocycles. The molecule has 0 spiro atoms. The van der Waals surface area contributed by atoms with Gasteiger partial charge in [-0.2, -0.15) is 5.10 Å². The minimum absolute atomic E-state index is 0.0415. The van der Waals surface area contributed by atoms with Crippen molar-refractivity contribution < 1.29 is 8.42 Å². The molecule has 0 atom stereocenters. The summed E-state index contributed by atoms with van der Waals surface area (Å²) in [6, 6.07) is 2.93. The summed E-state index contributed by atoms with van der Waals surface area (Å²) in [5.74, 6) is 0.227. The topological polar surface area (TPSA) is 74.8 Å². The molecule has 0 unspecified atom stereocenters. The molecular formula is C9H9Cl2N3O2S2. The Morgan fingerprint density at radius 2 is 2.17 bits per heavy atom.